The Labute approximate surface area is 188 Å². The molecule has 0 saturated carbocycles. The Kier molecular flexibility index (Phi) is 6.36. The van der Waals surface area contributed by atoms with Gasteiger partial charge in [-0.05, 0) is 49.2 Å². The van der Waals surface area contributed by atoms with Crippen molar-refractivity contribution >= 4 is 11.4 Å². The van der Waals surface area contributed by atoms with Gasteiger partial charge in [-0.1, -0.05) is 61.9 Å². The summed E-state index contributed by atoms with van der Waals surface area (Å²) in [4.78, 5) is 18.3. The van der Waals surface area contributed by atoms with E-state index in [-0.39, 0.29) is 5.56 Å². The van der Waals surface area contributed by atoms with Crippen molar-refractivity contribution in [2.24, 2.45) is 4.99 Å². The van der Waals surface area contributed by atoms with Gasteiger partial charge in [-0.15, -0.1) is 0 Å². The van der Waals surface area contributed by atoms with Gasteiger partial charge in [0.2, 0.25) is 0 Å². The number of aliphatic imine (C=N–C) groups is 1. The minimum absolute atomic E-state index is 0.0999. The molecule has 32 heavy (non-hydrogen) atoms. The molecule has 0 spiro atoms. The fraction of sp³-hybridized carbons (Fsp3) is 0.185. The quantitative estimate of drug-likeness (QED) is 0.373. The van der Waals surface area contributed by atoms with Gasteiger partial charge in [0.05, 0.1) is 29.8 Å². The Morgan fingerprint density at radius 3 is 2.34 bits per heavy atom. The van der Waals surface area contributed by atoms with Crippen LogP contribution in [0.5, 0.6) is 5.75 Å². The lowest BCUT2D eigenvalue weighted by molar-refractivity contribution is 0.414. The molecule has 1 N–H and O–H groups in total. The molecule has 0 radical (unpaired) electrons. The number of H-pyrrole nitrogens is 1. The first-order valence-electron chi connectivity index (χ1n) is 10.8. The fourth-order valence-corrected chi connectivity index (χ4v) is 3.87. The van der Waals surface area contributed by atoms with Crippen LogP contribution in [0.1, 0.15) is 31.5 Å². The van der Waals surface area contributed by atoms with Gasteiger partial charge in [0.15, 0.2) is 0 Å². The molecule has 1 aromatic heterocycles. The Morgan fingerprint density at radius 2 is 1.66 bits per heavy atom. The van der Waals surface area contributed by atoms with E-state index in [1.807, 2.05) is 67.6 Å². The molecular weight excluding hydrogens is 398 g/mol. The first kappa shape index (κ1) is 21.4. The summed E-state index contributed by atoms with van der Waals surface area (Å²) in [6.45, 7) is 4.01. The third-order valence-corrected chi connectivity index (χ3v) is 5.43. The van der Waals surface area contributed by atoms with Crippen molar-refractivity contribution in [1.82, 2.24) is 9.78 Å². The molecule has 1 heterocycles. The van der Waals surface area contributed by atoms with Gasteiger partial charge in [0.1, 0.15) is 5.75 Å². The molecule has 4 rings (SSSR count). The van der Waals surface area contributed by atoms with Crippen molar-refractivity contribution < 1.29 is 4.74 Å². The number of hydrogen-bond donors (Lipinski definition) is 1. The van der Waals surface area contributed by atoms with Crippen molar-refractivity contribution in [2.75, 3.05) is 7.11 Å². The summed E-state index contributed by atoms with van der Waals surface area (Å²) in [5.74, 6) is 0.748. The lowest BCUT2D eigenvalue weighted by Gasteiger charge is -2.07. The van der Waals surface area contributed by atoms with E-state index in [9.17, 15) is 4.79 Å². The van der Waals surface area contributed by atoms with Gasteiger partial charge < -0.3 is 4.74 Å². The lowest BCUT2D eigenvalue weighted by Crippen LogP contribution is -2.19. The van der Waals surface area contributed by atoms with Crippen molar-refractivity contribution in [3.05, 3.63) is 100 Å². The van der Waals surface area contributed by atoms with Gasteiger partial charge in [-0.3, -0.25) is 14.9 Å². The van der Waals surface area contributed by atoms with Gasteiger partial charge in [-0.25, -0.2) is 4.68 Å². The molecule has 0 aliphatic heterocycles. The van der Waals surface area contributed by atoms with Gasteiger partial charge in [-0.2, -0.15) is 0 Å². The highest BCUT2D eigenvalue weighted by molar-refractivity contribution is 6.02. The topological polar surface area (TPSA) is 59.4 Å². The molecule has 162 valence electrons. The second kappa shape index (κ2) is 9.52. The largest absolute Gasteiger partial charge is 0.497 e. The fourth-order valence-electron chi connectivity index (χ4n) is 3.87. The number of benzene rings is 3. The Hall–Kier alpha value is -3.86. The van der Waals surface area contributed by atoms with Crippen LogP contribution in [-0.2, 0) is 6.42 Å². The smallest absolute Gasteiger partial charge is 0.280 e. The summed E-state index contributed by atoms with van der Waals surface area (Å²) >= 11 is 0. The Morgan fingerprint density at radius 1 is 0.969 bits per heavy atom. The monoisotopic (exact) mass is 425 g/mol. The highest BCUT2D eigenvalue weighted by atomic mass is 16.5. The number of aromatic nitrogens is 2. The molecule has 0 fully saturated rings. The molecule has 5 heteroatoms. The van der Waals surface area contributed by atoms with Crippen LogP contribution in [0.25, 0.3) is 16.8 Å². The van der Waals surface area contributed by atoms with Crippen molar-refractivity contribution in [3.63, 3.8) is 0 Å². The molecule has 0 aliphatic carbocycles. The highest BCUT2D eigenvalue weighted by Crippen LogP contribution is 2.30. The van der Waals surface area contributed by atoms with Crippen LogP contribution in [-0.4, -0.2) is 22.6 Å². The molecule has 0 atom stereocenters. The SMILES string of the molecule is CCCc1[nH]n(-c2ccc(OC)cc2)c(=O)c1C(C)=Nc1ccccc1-c1ccccc1. The highest BCUT2D eigenvalue weighted by Gasteiger charge is 2.18. The minimum Gasteiger partial charge on any atom is -0.497 e. The third-order valence-electron chi connectivity index (χ3n) is 5.43. The molecule has 5 nitrogen and oxygen atoms in total. The van der Waals surface area contributed by atoms with Crippen molar-refractivity contribution in [3.8, 4) is 22.6 Å². The first-order chi connectivity index (χ1) is 15.6. The molecule has 0 saturated heterocycles. The van der Waals surface area contributed by atoms with Crippen LogP contribution in [0.4, 0.5) is 5.69 Å². The van der Waals surface area contributed by atoms with E-state index in [2.05, 4.69) is 30.2 Å². The molecule has 0 unspecified atom stereocenters. The maximum Gasteiger partial charge on any atom is 0.280 e. The van der Waals surface area contributed by atoms with Crippen LogP contribution in [0.15, 0.2) is 88.6 Å². The number of aryl methyl sites for hydroxylation is 1. The Balaban J connectivity index is 1.81. The zero-order valence-corrected chi connectivity index (χ0v) is 18.6. The molecule has 3 aromatic carbocycles. The van der Waals surface area contributed by atoms with E-state index in [4.69, 9.17) is 9.73 Å². The van der Waals surface area contributed by atoms with E-state index in [0.29, 0.717) is 11.3 Å². The number of methoxy groups -OCH3 is 1. The predicted octanol–water partition coefficient (Wildman–Crippen LogP) is 5.93. The number of rotatable bonds is 7. The van der Waals surface area contributed by atoms with E-state index in [1.165, 1.54) is 0 Å². The van der Waals surface area contributed by atoms with Crippen molar-refractivity contribution in [1.29, 1.82) is 0 Å². The summed E-state index contributed by atoms with van der Waals surface area (Å²) in [5, 5.41) is 3.30. The number of nitrogens with one attached hydrogen (secondary N) is 1. The maximum atomic E-state index is 13.4. The molecule has 0 bridgehead atoms. The molecule has 4 aromatic rings. The second-order valence-electron chi connectivity index (χ2n) is 7.63. The molecule has 0 amide bonds. The summed E-state index contributed by atoms with van der Waals surface area (Å²) < 4.78 is 6.82. The third kappa shape index (κ3) is 4.28. The summed E-state index contributed by atoms with van der Waals surface area (Å²) in [5.41, 5.74) is 5.86. The lowest BCUT2D eigenvalue weighted by atomic mass is 10.0. The van der Waals surface area contributed by atoms with Gasteiger partial charge >= 0.3 is 0 Å². The number of para-hydroxylation sites is 1. The van der Waals surface area contributed by atoms with Crippen LogP contribution >= 0.6 is 0 Å². The summed E-state index contributed by atoms with van der Waals surface area (Å²) in [6.07, 6.45) is 1.68. The van der Waals surface area contributed by atoms with Crippen molar-refractivity contribution in [2.45, 2.75) is 26.7 Å². The average molecular weight is 426 g/mol. The maximum absolute atomic E-state index is 13.4. The summed E-state index contributed by atoms with van der Waals surface area (Å²) in [6, 6.07) is 25.6. The zero-order valence-electron chi connectivity index (χ0n) is 18.6. The Bertz CT molecular complexity index is 1280. The number of ether oxygens (including phenoxy) is 1. The van der Waals surface area contributed by atoms with Gasteiger partial charge in [0.25, 0.3) is 5.56 Å². The van der Waals surface area contributed by atoms with E-state index in [1.54, 1.807) is 11.8 Å². The number of hydrogen-bond acceptors (Lipinski definition) is 3. The van der Waals surface area contributed by atoms with Gasteiger partial charge in [0, 0.05) is 11.3 Å². The molecule has 0 aliphatic rings. The second-order valence-corrected chi connectivity index (χ2v) is 7.63. The minimum atomic E-state index is -0.0999. The van der Waals surface area contributed by atoms with E-state index < -0.39 is 0 Å². The van der Waals surface area contributed by atoms with Crippen LogP contribution in [0.3, 0.4) is 0 Å². The first-order valence-corrected chi connectivity index (χ1v) is 10.8. The van der Waals surface area contributed by atoms with Crippen LogP contribution in [0.2, 0.25) is 0 Å². The van der Waals surface area contributed by atoms with Crippen LogP contribution < -0.4 is 10.3 Å². The number of nitrogens with zero attached hydrogens (tertiary/aromatic N) is 2. The standard InChI is InChI=1S/C27H27N3O2/c1-4-10-25-26(27(31)30(29-25)21-15-17-22(32-3)18-16-21)19(2)28-24-14-9-8-13-23(24)20-11-6-5-7-12-20/h5-9,11-18,29H,4,10H2,1-3H3. The van der Waals surface area contributed by atoms with E-state index in [0.717, 1.165) is 46.8 Å². The predicted molar refractivity (Wildman–Crippen MR) is 131 cm³/mol. The summed E-state index contributed by atoms with van der Waals surface area (Å²) in [7, 11) is 1.63. The molecular formula is C27H27N3O2. The number of aromatic amines is 1. The van der Waals surface area contributed by atoms with Crippen LogP contribution in [0, 0.1) is 0 Å². The average Bonchev–Trinajstić information content (AvgIpc) is 3.16. The van der Waals surface area contributed by atoms with E-state index >= 15 is 0 Å². The zero-order chi connectivity index (χ0) is 22.5. The normalized spacial score (nSPS) is 11.5.